The van der Waals surface area contributed by atoms with Crippen molar-refractivity contribution in [2.24, 2.45) is 0 Å². The van der Waals surface area contributed by atoms with Crippen LogP contribution in [-0.2, 0) is 4.74 Å². The minimum absolute atomic E-state index is 0. The number of aliphatic hydroxyl groups is 2. The molecule has 0 spiro atoms. The maximum Gasteiger partial charge on any atom is 0.183 e. The molecule has 0 rings (SSSR count). The van der Waals surface area contributed by atoms with E-state index in [-0.39, 0.29) is 25.6 Å². The van der Waals surface area contributed by atoms with Crippen molar-refractivity contribution in [1.29, 1.82) is 0 Å². The van der Waals surface area contributed by atoms with E-state index in [1.165, 1.54) is 51.4 Å². The summed E-state index contributed by atoms with van der Waals surface area (Å²) in [5, 5.41) is 18.1. The molecule has 0 saturated carbocycles. The lowest BCUT2D eigenvalue weighted by Crippen LogP contribution is -3.00. The van der Waals surface area contributed by atoms with Gasteiger partial charge in [-0.2, -0.15) is 0 Å². The fourth-order valence-electron chi connectivity index (χ4n) is 2.52. The van der Waals surface area contributed by atoms with Gasteiger partial charge in [0.05, 0.1) is 26.9 Å². The molecule has 22 heavy (non-hydrogen) atoms. The highest BCUT2D eigenvalue weighted by Crippen LogP contribution is 2.10. The van der Waals surface area contributed by atoms with Gasteiger partial charge in [-0.25, -0.2) is 0 Å². The van der Waals surface area contributed by atoms with Gasteiger partial charge in [-0.15, -0.1) is 0 Å². The van der Waals surface area contributed by atoms with E-state index in [9.17, 15) is 0 Å². The maximum absolute atomic E-state index is 9.05. The molecule has 0 aliphatic heterocycles. The molecule has 0 amide bonds. The van der Waals surface area contributed by atoms with E-state index in [0.29, 0.717) is 24.3 Å². The molecule has 0 radical (unpaired) electrons. The number of hydrogen-bond acceptors (Lipinski definition) is 3. The number of hydrogen-bond donors (Lipinski definition) is 2. The molecule has 0 aromatic rings. The van der Waals surface area contributed by atoms with Gasteiger partial charge in [0.15, 0.2) is 6.73 Å². The molecule has 0 heterocycles. The zero-order chi connectivity index (χ0) is 15.8. The highest BCUT2D eigenvalue weighted by Gasteiger charge is 2.20. The molecule has 0 unspecified atom stereocenters. The highest BCUT2D eigenvalue weighted by molar-refractivity contribution is 4.46. The molecular weight excluding hydrogens is 302 g/mol. The Hall–Kier alpha value is 0.130. The molecule has 0 atom stereocenters. The topological polar surface area (TPSA) is 49.7 Å². The number of nitrogens with zero attached hydrogens (tertiary/aromatic N) is 1. The largest absolute Gasteiger partial charge is 1.00 e. The predicted octanol–water partition coefficient (Wildman–Crippen LogP) is -0.0735. The lowest BCUT2D eigenvalue weighted by molar-refractivity contribution is -0.928. The van der Waals surface area contributed by atoms with Crippen LogP contribution in [0.1, 0.15) is 64.7 Å². The number of rotatable bonds is 16. The lowest BCUT2D eigenvalue weighted by Gasteiger charge is -2.32. The molecule has 0 saturated heterocycles. The van der Waals surface area contributed by atoms with Crippen LogP contribution in [0, 0.1) is 0 Å². The van der Waals surface area contributed by atoms with Gasteiger partial charge >= 0.3 is 0 Å². The van der Waals surface area contributed by atoms with Crippen LogP contribution < -0.4 is 12.4 Å². The Kier molecular flexibility index (Phi) is 19.4. The molecule has 5 heteroatoms. The van der Waals surface area contributed by atoms with Crippen molar-refractivity contribution in [2.75, 3.05) is 46.7 Å². The van der Waals surface area contributed by atoms with Gasteiger partial charge in [-0.1, -0.05) is 58.3 Å². The Balaban J connectivity index is 0. The van der Waals surface area contributed by atoms with E-state index in [1.54, 1.807) is 0 Å². The number of likely N-dealkylation sites (N-methyl/N-ethyl adjacent to an activating group) is 1. The van der Waals surface area contributed by atoms with Crippen LogP contribution in [0.4, 0.5) is 0 Å². The van der Waals surface area contributed by atoms with Crippen molar-refractivity contribution in [3.8, 4) is 0 Å². The van der Waals surface area contributed by atoms with Crippen molar-refractivity contribution in [1.82, 2.24) is 0 Å². The Morgan fingerprint density at radius 1 is 0.773 bits per heavy atom. The quantitative estimate of drug-likeness (QED) is 0.235. The van der Waals surface area contributed by atoms with Gasteiger partial charge in [0.1, 0.15) is 13.1 Å². The van der Waals surface area contributed by atoms with Crippen LogP contribution in [0.2, 0.25) is 0 Å². The van der Waals surface area contributed by atoms with Crippen LogP contribution in [0.5, 0.6) is 0 Å². The summed E-state index contributed by atoms with van der Waals surface area (Å²) in [7, 11) is 2.02. The first-order chi connectivity index (χ1) is 10.2. The second-order valence-electron chi connectivity index (χ2n) is 6.38. The van der Waals surface area contributed by atoms with Crippen LogP contribution >= 0.6 is 0 Å². The molecule has 0 fully saturated rings. The normalized spacial score (nSPS) is 11.5. The summed E-state index contributed by atoms with van der Waals surface area (Å²) in [6.45, 7) is 5.18. The molecule has 4 nitrogen and oxygen atoms in total. The first-order valence-electron chi connectivity index (χ1n) is 8.81. The lowest BCUT2D eigenvalue weighted by atomic mass is 10.1. The predicted molar refractivity (Wildman–Crippen MR) is 88.1 cm³/mol. The number of aliphatic hydroxyl groups excluding tert-OH is 2. The standard InChI is InChI=1S/C17H38NO3.ClH/c1-3-4-5-6-7-8-9-10-11-16-21-17-18(2,12-14-19)13-15-20;/h19-20H,3-17H2,1-2H3;1H/q+1;/p-1. The van der Waals surface area contributed by atoms with Gasteiger partial charge in [-0.3, -0.25) is 4.48 Å². The second-order valence-corrected chi connectivity index (χ2v) is 6.38. The van der Waals surface area contributed by atoms with Gasteiger partial charge < -0.3 is 27.4 Å². The number of halogens is 1. The Morgan fingerprint density at radius 3 is 1.68 bits per heavy atom. The molecule has 0 aliphatic carbocycles. The fraction of sp³-hybridized carbons (Fsp3) is 1.00. The first kappa shape index (κ1) is 24.4. The minimum atomic E-state index is 0. The Labute approximate surface area is 143 Å². The van der Waals surface area contributed by atoms with E-state index in [0.717, 1.165) is 13.0 Å². The third kappa shape index (κ3) is 15.0. The number of unbranched alkanes of at least 4 members (excludes halogenated alkanes) is 8. The van der Waals surface area contributed by atoms with E-state index in [1.807, 2.05) is 7.05 Å². The summed E-state index contributed by atoms with van der Waals surface area (Å²) in [6.07, 6.45) is 11.9. The first-order valence-corrected chi connectivity index (χ1v) is 8.81. The van der Waals surface area contributed by atoms with Crippen molar-refractivity contribution < 1.29 is 31.8 Å². The van der Waals surface area contributed by atoms with Gasteiger partial charge in [0.2, 0.25) is 0 Å². The van der Waals surface area contributed by atoms with Crippen molar-refractivity contribution in [2.45, 2.75) is 64.7 Å². The molecule has 0 aliphatic rings. The van der Waals surface area contributed by atoms with Crippen molar-refractivity contribution in [3.63, 3.8) is 0 Å². The minimum Gasteiger partial charge on any atom is -1.00 e. The molecule has 0 aromatic carbocycles. The van der Waals surface area contributed by atoms with E-state index < -0.39 is 0 Å². The summed E-state index contributed by atoms with van der Waals surface area (Å²) in [4.78, 5) is 0. The summed E-state index contributed by atoms with van der Waals surface area (Å²) in [5.74, 6) is 0. The molecule has 0 aromatic heterocycles. The summed E-state index contributed by atoms with van der Waals surface area (Å²) >= 11 is 0. The second kappa shape index (κ2) is 17.5. The van der Waals surface area contributed by atoms with Crippen molar-refractivity contribution in [3.05, 3.63) is 0 Å². The zero-order valence-electron chi connectivity index (χ0n) is 14.7. The van der Waals surface area contributed by atoms with Crippen LogP contribution in [0.15, 0.2) is 0 Å². The number of ether oxygens (including phenoxy) is 1. The zero-order valence-corrected chi connectivity index (χ0v) is 15.5. The Bertz CT molecular complexity index is 212. The van der Waals surface area contributed by atoms with Gasteiger partial charge in [0.25, 0.3) is 0 Å². The van der Waals surface area contributed by atoms with E-state index in [4.69, 9.17) is 14.9 Å². The van der Waals surface area contributed by atoms with Gasteiger partial charge in [-0.05, 0) is 6.42 Å². The van der Waals surface area contributed by atoms with Gasteiger partial charge in [0, 0.05) is 0 Å². The maximum atomic E-state index is 9.05. The molecule has 2 N–H and O–H groups in total. The van der Waals surface area contributed by atoms with Crippen LogP contribution in [0.3, 0.4) is 0 Å². The fourth-order valence-corrected chi connectivity index (χ4v) is 2.52. The average Bonchev–Trinajstić information content (AvgIpc) is 2.45. The SMILES string of the molecule is CCCCCCCCCCCOC[N+](C)(CCO)CCO.[Cl-]. The Morgan fingerprint density at radius 2 is 1.23 bits per heavy atom. The molecule has 0 bridgehead atoms. The third-order valence-electron chi connectivity index (χ3n) is 4.07. The van der Waals surface area contributed by atoms with Crippen molar-refractivity contribution >= 4 is 0 Å². The third-order valence-corrected chi connectivity index (χ3v) is 4.07. The summed E-state index contributed by atoms with van der Waals surface area (Å²) in [6, 6.07) is 0. The van der Waals surface area contributed by atoms with Crippen LogP contribution in [0.25, 0.3) is 0 Å². The summed E-state index contributed by atoms with van der Waals surface area (Å²) < 4.78 is 6.30. The van der Waals surface area contributed by atoms with E-state index >= 15 is 0 Å². The monoisotopic (exact) mass is 339 g/mol. The molecule has 136 valence electrons. The smallest absolute Gasteiger partial charge is 0.183 e. The van der Waals surface area contributed by atoms with Crippen LogP contribution in [-0.4, -0.2) is 61.4 Å². The summed E-state index contributed by atoms with van der Waals surface area (Å²) in [5.41, 5.74) is 0. The molecular formula is C17H38ClNO3. The highest BCUT2D eigenvalue weighted by atomic mass is 35.5. The number of quaternary nitrogens is 1. The average molecular weight is 340 g/mol. The van der Waals surface area contributed by atoms with E-state index in [2.05, 4.69) is 6.92 Å².